The molecule has 0 heterocycles. The normalized spacial score (nSPS) is 16.2. The molecule has 0 aliphatic heterocycles. The molecule has 1 amide bonds. The molecule has 6 heteroatoms. The van der Waals surface area contributed by atoms with Gasteiger partial charge in [-0.2, -0.15) is 13.2 Å². The first-order chi connectivity index (χ1) is 18.2. The van der Waals surface area contributed by atoms with Gasteiger partial charge in [0.2, 0.25) is 0 Å². The molecule has 1 aliphatic carbocycles. The molecule has 1 saturated carbocycles. The summed E-state index contributed by atoms with van der Waals surface area (Å²) in [5.74, 6) is -1.33. The Kier molecular flexibility index (Phi) is 10.6. The molecular weight excluding hydrogens is 487 g/mol. The summed E-state index contributed by atoms with van der Waals surface area (Å²) in [5.41, 5.74) is 3.11. The van der Waals surface area contributed by atoms with Crippen molar-refractivity contribution in [2.75, 3.05) is 0 Å². The average Bonchev–Trinajstić information content (AvgIpc) is 3.75. The van der Waals surface area contributed by atoms with Crippen LogP contribution in [0.15, 0.2) is 72.0 Å². The van der Waals surface area contributed by atoms with Crippen molar-refractivity contribution >= 4 is 5.91 Å². The topological polar surface area (TPSA) is 38.3 Å². The number of nitrogens with one attached hydrogen (secondary N) is 1. The number of benzene rings is 2. The highest BCUT2D eigenvalue weighted by atomic mass is 19.4. The monoisotopic (exact) mass is 527 g/mol. The zero-order valence-corrected chi connectivity index (χ0v) is 22.9. The average molecular weight is 528 g/mol. The van der Waals surface area contributed by atoms with Crippen LogP contribution in [0.1, 0.15) is 93.6 Å². The fourth-order valence-corrected chi connectivity index (χ4v) is 4.45. The van der Waals surface area contributed by atoms with E-state index < -0.39 is 18.0 Å². The van der Waals surface area contributed by atoms with Crippen LogP contribution in [-0.4, -0.2) is 12.1 Å². The van der Waals surface area contributed by atoms with Crippen molar-refractivity contribution in [3.8, 4) is 5.75 Å². The van der Waals surface area contributed by atoms with Gasteiger partial charge in [0, 0.05) is 16.8 Å². The Balaban J connectivity index is 1.90. The Bertz CT molecular complexity index is 1120. The number of ether oxygens (including phenoxy) is 1. The molecule has 0 bridgehead atoms. The lowest BCUT2D eigenvalue weighted by Gasteiger charge is -2.23. The van der Waals surface area contributed by atoms with E-state index >= 15 is 0 Å². The van der Waals surface area contributed by atoms with E-state index in [0.717, 1.165) is 44.6 Å². The second kappa shape index (κ2) is 13.7. The predicted molar refractivity (Wildman–Crippen MR) is 147 cm³/mol. The Labute approximate surface area is 225 Å². The summed E-state index contributed by atoms with van der Waals surface area (Å²) in [6.45, 7) is 7.53. The van der Waals surface area contributed by atoms with Crippen molar-refractivity contribution in [3.05, 3.63) is 88.6 Å². The van der Waals surface area contributed by atoms with Crippen molar-refractivity contribution < 1.29 is 22.7 Å². The zero-order chi connectivity index (χ0) is 27.7. The van der Waals surface area contributed by atoms with Crippen molar-refractivity contribution in [2.45, 2.75) is 84.9 Å². The minimum absolute atomic E-state index is 0.0198. The summed E-state index contributed by atoms with van der Waals surface area (Å²) in [6, 6.07) is 14.9. The fraction of sp³-hybridized carbons (Fsp3) is 0.469. The summed E-state index contributed by atoms with van der Waals surface area (Å²) in [4.78, 5) is 13.5. The molecule has 3 rings (SSSR count). The van der Waals surface area contributed by atoms with Crippen molar-refractivity contribution in [3.63, 3.8) is 0 Å². The molecule has 2 aromatic carbocycles. The van der Waals surface area contributed by atoms with Crippen LogP contribution >= 0.6 is 0 Å². The van der Waals surface area contributed by atoms with Crippen molar-refractivity contribution in [1.82, 2.24) is 5.32 Å². The predicted octanol–water partition coefficient (Wildman–Crippen LogP) is 9.12. The number of carbonyl (C=O) groups is 1. The van der Waals surface area contributed by atoms with Gasteiger partial charge in [0.1, 0.15) is 12.4 Å². The summed E-state index contributed by atoms with van der Waals surface area (Å²) in [7, 11) is 0. The molecule has 2 atom stereocenters. The molecular formula is C32H40F3NO2. The number of hydrogen-bond acceptors (Lipinski definition) is 2. The Morgan fingerprint density at radius 1 is 1.05 bits per heavy atom. The molecule has 38 heavy (non-hydrogen) atoms. The minimum Gasteiger partial charge on any atom is -0.489 e. The van der Waals surface area contributed by atoms with Crippen LogP contribution in [0.25, 0.3) is 0 Å². The number of amides is 1. The third-order valence-corrected chi connectivity index (χ3v) is 7.22. The zero-order valence-electron chi connectivity index (χ0n) is 22.9. The number of carbonyl (C=O) groups excluding carboxylic acids is 1. The van der Waals surface area contributed by atoms with E-state index in [4.69, 9.17) is 4.74 Å². The molecule has 0 saturated heterocycles. The van der Waals surface area contributed by atoms with Gasteiger partial charge in [-0.25, -0.2) is 0 Å². The molecule has 3 nitrogen and oxygen atoms in total. The molecule has 0 spiro atoms. The van der Waals surface area contributed by atoms with Crippen LogP contribution in [0.2, 0.25) is 0 Å². The van der Waals surface area contributed by atoms with Gasteiger partial charge in [0.15, 0.2) is 0 Å². The molecule has 1 fully saturated rings. The van der Waals surface area contributed by atoms with Gasteiger partial charge < -0.3 is 10.1 Å². The van der Waals surface area contributed by atoms with Crippen molar-refractivity contribution in [2.24, 2.45) is 11.8 Å². The van der Waals surface area contributed by atoms with E-state index in [1.807, 2.05) is 50.2 Å². The largest absolute Gasteiger partial charge is 0.489 e. The molecule has 206 valence electrons. The van der Waals surface area contributed by atoms with E-state index in [1.54, 1.807) is 18.2 Å². The van der Waals surface area contributed by atoms with Crippen LogP contribution in [0.4, 0.5) is 13.2 Å². The second-order valence-electron chi connectivity index (χ2n) is 10.2. The highest BCUT2D eigenvalue weighted by Crippen LogP contribution is 2.40. The molecule has 0 radical (unpaired) electrons. The minimum atomic E-state index is -4.47. The standard InChI is InChI=1S/C32H40F3NO2/c1-5-7-14-25(26-17-18-26)19-20-28(23(4)32(33,34)35)36-31(37)27-15-11-16-29(30(27)22(3)6-2)38-21-24-12-9-8-10-13-24/h8-16,20,22-23,26H,5-7,17-19,21H2,1-4H3,(H,36,37)/b25-14+,28-20-. The summed E-state index contributed by atoms with van der Waals surface area (Å²) >= 11 is 0. The van der Waals surface area contributed by atoms with Crippen LogP contribution in [0.3, 0.4) is 0 Å². The lowest BCUT2D eigenvalue weighted by Crippen LogP contribution is -2.33. The Hall–Kier alpha value is -3.02. The lowest BCUT2D eigenvalue weighted by molar-refractivity contribution is -0.160. The quantitative estimate of drug-likeness (QED) is 0.264. The lowest BCUT2D eigenvalue weighted by atomic mass is 9.92. The maximum atomic E-state index is 13.8. The van der Waals surface area contributed by atoms with Gasteiger partial charge >= 0.3 is 6.18 Å². The van der Waals surface area contributed by atoms with Gasteiger partial charge in [0.05, 0.1) is 5.92 Å². The summed E-state index contributed by atoms with van der Waals surface area (Å²) in [5, 5.41) is 2.65. The number of hydrogen-bond donors (Lipinski definition) is 1. The number of rotatable bonds is 13. The molecule has 1 N–H and O–H groups in total. The number of unbranched alkanes of at least 4 members (excludes halogenated alkanes) is 1. The van der Waals surface area contributed by atoms with Gasteiger partial charge in [0.25, 0.3) is 5.91 Å². The van der Waals surface area contributed by atoms with Crippen LogP contribution in [-0.2, 0) is 6.61 Å². The number of allylic oxidation sites excluding steroid dienone is 4. The fourth-order valence-electron chi connectivity index (χ4n) is 4.45. The van der Waals surface area contributed by atoms with Gasteiger partial charge in [-0.05, 0) is 68.6 Å². The van der Waals surface area contributed by atoms with E-state index in [0.29, 0.717) is 35.8 Å². The van der Waals surface area contributed by atoms with Gasteiger partial charge in [-0.3, -0.25) is 4.79 Å². The summed E-state index contributed by atoms with van der Waals surface area (Å²) < 4.78 is 47.5. The van der Waals surface area contributed by atoms with Gasteiger partial charge in [-0.15, -0.1) is 0 Å². The number of alkyl halides is 3. The molecule has 0 aromatic heterocycles. The van der Waals surface area contributed by atoms with Crippen LogP contribution in [0.5, 0.6) is 5.75 Å². The highest BCUT2D eigenvalue weighted by Gasteiger charge is 2.39. The number of halogens is 3. The SMILES string of the molecule is CCC/C=C(\C/C=C(\NC(=O)c1cccc(OCc2ccccc2)c1C(C)CC)C(C)C(F)(F)F)C1CC1. The van der Waals surface area contributed by atoms with E-state index in [1.165, 1.54) is 5.57 Å². The maximum Gasteiger partial charge on any atom is 0.396 e. The molecule has 2 aromatic rings. The third kappa shape index (κ3) is 8.24. The molecule has 1 aliphatic rings. The van der Waals surface area contributed by atoms with Crippen molar-refractivity contribution in [1.29, 1.82) is 0 Å². The van der Waals surface area contributed by atoms with Gasteiger partial charge in [-0.1, -0.05) is 81.3 Å². The first-order valence-corrected chi connectivity index (χ1v) is 13.7. The van der Waals surface area contributed by atoms with Crippen LogP contribution < -0.4 is 10.1 Å². The third-order valence-electron chi connectivity index (χ3n) is 7.22. The van der Waals surface area contributed by atoms with E-state index in [2.05, 4.69) is 18.3 Å². The smallest absolute Gasteiger partial charge is 0.396 e. The molecule has 2 unspecified atom stereocenters. The Morgan fingerprint density at radius 2 is 1.76 bits per heavy atom. The first-order valence-electron chi connectivity index (χ1n) is 13.7. The maximum absolute atomic E-state index is 13.8. The Morgan fingerprint density at radius 3 is 2.37 bits per heavy atom. The first kappa shape index (κ1) is 29.5. The van der Waals surface area contributed by atoms with E-state index in [-0.39, 0.29) is 11.6 Å². The summed E-state index contributed by atoms with van der Waals surface area (Å²) in [6.07, 6.45) is 4.47. The van der Waals surface area contributed by atoms with Crippen LogP contribution in [0, 0.1) is 11.8 Å². The second-order valence-corrected chi connectivity index (χ2v) is 10.2. The van der Waals surface area contributed by atoms with E-state index in [9.17, 15) is 18.0 Å². The highest BCUT2D eigenvalue weighted by molar-refractivity contribution is 5.97.